The fourth-order valence-electron chi connectivity index (χ4n) is 1.90. The van der Waals surface area contributed by atoms with E-state index in [1.54, 1.807) is 0 Å². The largest absolute Gasteiger partial charge is 0.332 e. The zero-order valence-corrected chi connectivity index (χ0v) is 12.1. The summed E-state index contributed by atoms with van der Waals surface area (Å²) in [6, 6.07) is 0.488. The lowest BCUT2D eigenvalue weighted by Crippen LogP contribution is -2.40. The average Bonchev–Trinajstić information content (AvgIpc) is 2.71. The predicted molar refractivity (Wildman–Crippen MR) is 73.2 cm³/mol. The van der Waals surface area contributed by atoms with E-state index < -0.39 is 0 Å². The molecule has 3 nitrogen and oxygen atoms in total. The number of nitrogens with one attached hydrogen (secondary N) is 1. The number of aryl methyl sites for hydroxylation is 1. The second-order valence-electron chi connectivity index (χ2n) is 5.95. The SMILES string of the molecule is CCc1nccn1C(C)C(C)CNC(C)(C)C. The van der Waals surface area contributed by atoms with Gasteiger partial charge in [0.25, 0.3) is 0 Å². The van der Waals surface area contributed by atoms with Crippen LogP contribution in [0.4, 0.5) is 0 Å². The van der Waals surface area contributed by atoms with Crippen LogP contribution in [0.2, 0.25) is 0 Å². The minimum Gasteiger partial charge on any atom is -0.332 e. The van der Waals surface area contributed by atoms with Gasteiger partial charge in [0.1, 0.15) is 5.82 Å². The minimum absolute atomic E-state index is 0.191. The van der Waals surface area contributed by atoms with E-state index in [4.69, 9.17) is 0 Å². The first-order chi connectivity index (χ1) is 7.85. The zero-order valence-electron chi connectivity index (χ0n) is 12.1. The summed E-state index contributed by atoms with van der Waals surface area (Å²) < 4.78 is 2.30. The number of nitrogens with zero attached hydrogens (tertiary/aromatic N) is 2. The highest BCUT2D eigenvalue weighted by molar-refractivity contribution is 4.95. The van der Waals surface area contributed by atoms with Gasteiger partial charge in [-0.1, -0.05) is 13.8 Å². The molecule has 0 aliphatic rings. The van der Waals surface area contributed by atoms with Crippen molar-refractivity contribution in [3.8, 4) is 0 Å². The summed E-state index contributed by atoms with van der Waals surface area (Å²) in [6.45, 7) is 14.4. The molecule has 3 heteroatoms. The molecule has 0 aliphatic carbocycles. The van der Waals surface area contributed by atoms with E-state index in [1.807, 2.05) is 6.20 Å². The van der Waals surface area contributed by atoms with Gasteiger partial charge in [-0.2, -0.15) is 0 Å². The first-order valence-corrected chi connectivity index (χ1v) is 6.62. The third-order valence-electron chi connectivity index (χ3n) is 3.28. The Kier molecular flexibility index (Phi) is 4.75. The van der Waals surface area contributed by atoms with E-state index >= 15 is 0 Å². The molecular formula is C14H27N3. The van der Waals surface area contributed by atoms with Crippen LogP contribution in [-0.4, -0.2) is 21.6 Å². The van der Waals surface area contributed by atoms with Crippen LogP contribution in [0.25, 0.3) is 0 Å². The normalized spacial score (nSPS) is 15.9. The highest BCUT2D eigenvalue weighted by atomic mass is 15.1. The quantitative estimate of drug-likeness (QED) is 0.853. The molecule has 0 radical (unpaired) electrons. The summed E-state index contributed by atoms with van der Waals surface area (Å²) in [5.41, 5.74) is 0.191. The van der Waals surface area contributed by atoms with E-state index in [-0.39, 0.29) is 5.54 Å². The Labute approximate surface area is 106 Å². The lowest BCUT2D eigenvalue weighted by molar-refractivity contribution is 0.313. The average molecular weight is 237 g/mol. The lowest BCUT2D eigenvalue weighted by atomic mass is 10.0. The fourth-order valence-corrected chi connectivity index (χ4v) is 1.90. The van der Waals surface area contributed by atoms with E-state index in [0.29, 0.717) is 12.0 Å². The highest BCUT2D eigenvalue weighted by Gasteiger charge is 2.18. The van der Waals surface area contributed by atoms with Gasteiger partial charge in [-0.15, -0.1) is 0 Å². The Balaban J connectivity index is 2.60. The van der Waals surface area contributed by atoms with E-state index in [0.717, 1.165) is 13.0 Å². The Hall–Kier alpha value is -0.830. The van der Waals surface area contributed by atoms with Crippen LogP contribution in [0.5, 0.6) is 0 Å². The van der Waals surface area contributed by atoms with Gasteiger partial charge in [-0.3, -0.25) is 0 Å². The van der Waals surface area contributed by atoms with Crippen molar-refractivity contribution in [1.82, 2.24) is 14.9 Å². The maximum Gasteiger partial charge on any atom is 0.108 e. The Bertz CT molecular complexity index is 335. The minimum atomic E-state index is 0.191. The third-order valence-corrected chi connectivity index (χ3v) is 3.28. The molecule has 0 saturated heterocycles. The summed E-state index contributed by atoms with van der Waals surface area (Å²) in [5, 5.41) is 3.57. The van der Waals surface area contributed by atoms with E-state index in [2.05, 4.69) is 62.6 Å². The molecule has 0 fully saturated rings. The Morgan fingerprint density at radius 2 is 2.00 bits per heavy atom. The molecule has 0 saturated carbocycles. The molecule has 17 heavy (non-hydrogen) atoms. The number of hydrogen-bond acceptors (Lipinski definition) is 2. The van der Waals surface area contributed by atoms with Crippen LogP contribution in [0, 0.1) is 5.92 Å². The molecule has 0 aromatic carbocycles. The first-order valence-electron chi connectivity index (χ1n) is 6.62. The monoisotopic (exact) mass is 237 g/mol. The topological polar surface area (TPSA) is 29.9 Å². The van der Waals surface area contributed by atoms with Gasteiger partial charge >= 0.3 is 0 Å². The number of imidazole rings is 1. The molecule has 2 unspecified atom stereocenters. The van der Waals surface area contributed by atoms with Gasteiger partial charge in [0.05, 0.1) is 0 Å². The molecule has 1 N–H and O–H groups in total. The summed E-state index contributed by atoms with van der Waals surface area (Å²) in [4.78, 5) is 4.39. The Morgan fingerprint density at radius 3 is 2.53 bits per heavy atom. The summed E-state index contributed by atoms with van der Waals surface area (Å²) in [7, 11) is 0. The molecule has 1 aromatic rings. The van der Waals surface area contributed by atoms with Gasteiger partial charge < -0.3 is 9.88 Å². The maximum absolute atomic E-state index is 4.39. The highest BCUT2D eigenvalue weighted by Crippen LogP contribution is 2.19. The van der Waals surface area contributed by atoms with Crippen molar-refractivity contribution in [1.29, 1.82) is 0 Å². The van der Waals surface area contributed by atoms with Crippen molar-refractivity contribution in [2.75, 3.05) is 6.54 Å². The third kappa shape index (κ3) is 4.15. The van der Waals surface area contributed by atoms with Gasteiger partial charge in [0.2, 0.25) is 0 Å². The van der Waals surface area contributed by atoms with Crippen molar-refractivity contribution < 1.29 is 0 Å². The second kappa shape index (κ2) is 5.67. The van der Waals surface area contributed by atoms with Crippen molar-refractivity contribution >= 4 is 0 Å². The van der Waals surface area contributed by atoms with Gasteiger partial charge in [0.15, 0.2) is 0 Å². The molecule has 0 spiro atoms. The predicted octanol–water partition coefficient (Wildman–Crippen LogP) is 3.03. The Morgan fingerprint density at radius 1 is 1.35 bits per heavy atom. The van der Waals surface area contributed by atoms with Crippen molar-refractivity contribution in [3.05, 3.63) is 18.2 Å². The van der Waals surface area contributed by atoms with Crippen LogP contribution in [0.15, 0.2) is 12.4 Å². The van der Waals surface area contributed by atoms with Gasteiger partial charge in [0, 0.05) is 36.9 Å². The molecule has 0 amide bonds. The molecule has 2 atom stereocenters. The van der Waals surface area contributed by atoms with E-state index in [9.17, 15) is 0 Å². The first kappa shape index (κ1) is 14.2. The van der Waals surface area contributed by atoms with Crippen molar-refractivity contribution in [3.63, 3.8) is 0 Å². The van der Waals surface area contributed by atoms with Crippen LogP contribution in [0.3, 0.4) is 0 Å². The van der Waals surface area contributed by atoms with Crippen LogP contribution in [0.1, 0.15) is 53.4 Å². The number of rotatable bonds is 5. The summed E-state index contributed by atoms with van der Waals surface area (Å²) >= 11 is 0. The van der Waals surface area contributed by atoms with E-state index in [1.165, 1.54) is 5.82 Å². The van der Waals surface area contributed by atoms with Gasteiger partial charge in [-0.25, -0.2) is 4.98 Å². The van der Waals surface area contributed by atoms with Gasteiger partial charge in [-0.05, 0) is 33.6 Å². The number of hydrogen-bond donors (Lipinski definition) is 1. The standard InChI is InChI=1S/C14H27N3/c1-7-13-15-8-9-17(13)12(3)11(2)10-16-14(4,5)6/h8-9,11-12,16H,7,10H2,1-6H3. The molecule has 0 bridgehead atoms. The molecular weight excluding hydrogens is 210 g/mol. The summed E-state index contributed by atoms with van der Waals surface area (Å²) in [5.74, 6) is 1.77. The number of aromatic nitrogens is 2. The molecule has 1 aromatic heterocycles. The van der Waals surface area contributed by atoms with Crippen LogP contribution < -0.4 is 5.32 Å². The van der Waals surface area contributed by atoms with Crippen molar-refractivity contribution in [2.45, 2.75) is 59.5 Å². The molecule has 98 valence electrons. The molecule has 1 heterocycles. The zero-order chi connectivity index (χ0) is 13.1. The maximum atomic E-state index is 4.39. The smallest absolute Gasteiger partial charge is 0.108 e. The second-order valence-corrected chi connectivity index (χ2v) is 5.95. The molecule has 1 rings (SSSR count). The summed E-state index contributed by atoms with van der Waals surface area (Å²) in [6.07, 6.45) is 4.99. The van der Waals surface area contributed by atoms with Crippen LogP contribution in [-0.2, 0) is 6.42 Å². The lowest BCUT2D eigenvalue weighted by Gasteiger charge is -2.28. The van der Waals surface area contributed by atoms with Crippen LogP contribution >= 0.6 is 0 Å². The van der Waals surface area contributed by atoms with Crippen molar-refractivity contribution in [2.24, 2.45) is 5.92 Å². The molecule has 0 aliphatic heterocycles. The fraction of sp³-hybridized carbons (Fsp3) is 0.786.